The largest absolute Gasteiger partial charge is 0.374 e. The fraction of sp³-hybridized carbons (Fsp3) is 0.429. The number of aromatic nitrogens is 2. The highest BCUT2D eigenvalue weighted by Gasteiger charge is 2.20. The topological polar surface area (TPSA) is 50.3 Å². The highest BCUT2D eigenvalue weighted by Crippen LogP contribution is 2.23. The molecule has 1 N–H and O–H groups in total. The summed E-state index contributed by atoms with van der Waals surface area (Å²) < 4.78 is 6.64. The lowest BCUT2D eigenvalue weighted by atomic mass is 10.2. The molecule has 1 atom stereocenters. The van der Waals surface area contributed by atoms with Crippen LogP contribution in [0.4, 0.5) is 5.82 Å². The van der Waals surface area contributed by atoms with E-state index in [1.807, 2.05) is 18.2 Å². The van der Waals surface area contributed by atoms with Gasteiger partial charge in [0.05, 0.1) is 17.0 Å². The number of halogens is 1. The summed E-state index contributed by atoms with van der Waals surface area (Å²) in [5.41, 5.74) is 0. The normalized spacial score (nSPS) is 19.6. The van der Waals surface area contributed by atoms with E-state index in [0.717, 1.165) is 42.9 Å². The molecular weight excluding hydrogens is 308 g/mol. The summed E-state index contributed by atoms with van der Waals surface area (Å²) in [6.45, 7) is 4.29. The highest BCUT2D eigenvalue weighted by atomic mass is 35.5. The minimum Gasteiger partial charge on any atom is -0.374 e. The van der Waals surface area contributed by atoms with E-state index in [-0.39, 0.29) is 6.10 Å². The van der Waals surface area contributed by atoms with Crippen LogP contribution in [0.3, 0.4) is 0 Å². The van der Waals surface area contributed by atoms with Crippen molar-refractivity contribution < 1.29 is 4.74 Å². The number of nitrogens with one attached hydrogen (secondary N) is 1. The first-order valence-corrected chi connectivity index (χ1v) is 8.09. The van der Waals surface area contributed by atoms with E-state index in [4.69, 9.17) is 16.3 Å². The van der Waals surface area contributed by atoms with E-state index >= 15 is 0 Å². The molecule has 0 amide bonds. The first-order chi connectivity index (χ1) is 10.3. The quantitative estimate of drug-likeness (QED) is 0.915. The van der Waals surface area contributed by atoms with Crippen molar-refractivity contribution in [1.29, 1.82) is 0 Å². The second kappa shape index (κ2) is 7.17. The van der Waals surface area contributed by atoms with Crippen LogP contribution in [-0.4, -0.2) is 47.4 Å². The first kappa shape index (κ1) is 14.7. The Morgan fingerprint density at radius 1 is 1.43 bits per heavy atom. The van der Waals surface area contributed by atoms with Crippen LogP contribution in [0.5, 0.6) is 0 Å². The zero-order valence-corrected chi connectivity index (χ0v) is 13.1. The van der Waals surface area contributed by atoms with Gasteiger partial charge in [0.15, 0.2) is 0 Å². The van der Waals surface area contributed by atoms with E-state index in [1.54, 1.807) is 17.5 Å². The molecule has 0 spiro atoms. The van der Waals surface area contributed by atoms with E-state index in [0.29, 0.717) is 0 Å². The van der Waals surface area contributed by atoms with Crippen molar-refractivity contribution in [3.63, 3.8) is 0 Å². The molecule has 1 fully saturated rings. The zero-order chi connectivity index (χ0) is 14.5. The van der Waals surface area contributed by atoms with E-state index in [9.17, 15) is 0 Å². The van der Waals surface area contributed by atoms with Gasteiger partial charge in [-0.25, -0.2) is 0 Å². The molecule has 3 rings (SSSR count). The van der Waals surface area contributed by atoms with Crippen molar-refractivity contribution >= 4 is 28.8 Å². The molecule has 1 aliphatic heterocycles. The Kier molecular flexibility index (Phi) is 5.03. The van der Waals surface area contributed by atoms with Gasteiger partial charge in [0.25, 0.3) is 0 Å². The third kappa shape index (κ3) is 4.38. The molecule has 0 radical (unpaired) electrons. The van der Waals surface area contributed by atoms with E-state index < -0.39 is 0 Å². The minimum absolute atomic E-state index is 0.163. The maximum atomic E-state index is 5.98. The smallest absolute Gasteiger partial charge is 0.148 e. The Hall–Kier alpha value is -1.21. The average Bonchev–Trinajstić information content (AvgIpc) is 2.92. The van der Waals surface area contributed by atoms with Gasteiger partial charge in [0, 0.05) is 37.3 Å². The van der Waals surface area contributed by atoms with Crippen LogP contribution in [0.25, 0.3) is 0 Å². The van der Waals surface area contributed by atoms with Crippen LogP contribution < -0.4 is 5.32 Å². The Labute approximate surface area is 132 Å². The van der Waals surface area contributed by atoms with Crippen molar-refractivity contribution in [2.24, 2.45) is 0 Å². The van der Waals surface area contributed by atoms with Crippen molar-refractivity contribution in [3.8, 4) is 0 Å². The maximum absolute atomic E-state index is 5.98. The standard InChI is InChI=1S/C14H17ClN4OS/c15-13-4-3-12(21-13)10-19-6-7-20-11(9-19)8-16-14-2-1-5-17-18-14/h1-5,11H,6-10H2,(H,16,18)/t11-/m0/s1. The van der Waals surface area contributed by atoms with Crippen molar-refractivity contribution in [2.75, 3.05) is 31.6 Å². The van der Waals surface area contributed by atoms with Gasteiger partial charge in [-0.15, -0.1) is 16.4 Å². The summed E-state index contributed by atoms with van der Waals surface area (Å²) in [4.78, 5) is 3.69. The SMILES string of the molecule is Clc1ccc(CN2CCO[C@@H](CNc3cccnn3)C2)s1. The number of hydrogen-bond acceptors (Lipinski definition) is 6. The molecule has 0 saturated carbocycles. The van der Waals surface area contributed by atoms with Gasteiger partial charge >= 0.3 is 0 Å². The van der Waals surface area contributed by atoms with Crippen molar-refractivity contribution in [2.45, 2.75) is 12.6 Å². The fourth-order valence-corrected chi connectivity index (χ4v) is 3.45. The minimum atomic E-state index is 0.163. The van der Waals surface area contributed by atoms with Crippen molar-refractivity contribution in [3.05, 3.63) is 39.7 Å². The number of hydrogen-bond donors (Lipinski definition) is 1. The molecule has 1 aliphatic rings. The van der Waals surface area contributed by atoms with Gasteiger partial charge in [0.2, 0.25) is 0 Å². The number of ether oxygens (including phenoxy) is 1. The predicted molar refractivity (Wildman–Crippen MR) is 84.9 cm³/mol. The van der Waals surface area contributed by atoms with Gasteiger partial charge in [0.1, 0.15) is 5.82 Å². The highest BCUT2D eigenvalue weighted by molar-refractivity contribution is 7.16. The molecule has 3 heterocycles. The van der Waals surface area contributed by atoms with Gasteiger partial charge in [-0.05, 0) is 24.3 Å². The fourth-order valence-electron chi connectivity index (χ4n) is 2.32. The predicted octanol–water partition coefficient (Wildman–Crippen LogP) is 2.50. The second-order valence-electron chi connectivity index (χ2n) is 4.92. The lowest BCUT2D eigenvalue weighted by molar-refractivity contribution is -0.0237. The van der Waals surface area contributed by atoms with Gasteiger partial charge in [-0.2, -0.15) is 5.10 Å². The molecule has 0 aromatic carbocycles. The third-order valence-corrected chi connectivity index (χ3v) is 4.53. The van der Waals surface area contributed by atoms with Gasteiger partial charge in [-0.3, -0.25) is 4.90 Å². The Morgan fingerprint density at radius 2 is 2.38 bits per heavy atom. The lowest BCUT2D eigenvalue weighted by Crippen LogP contribution is -2.44. The summed E-state index contributed by atoms with van der Waals surface area (Å²) in [6, 6.07) is 7.82. The van der Waals surface area contributed by atoms with Crippen LogP contribution in [0, 0.1) is 0 Å². The summed E-state index contributed by atoms with van der Waals surface area (Å²) >= 11 is 7.62. The average molecular weight is 325 g/mol. The molecule has 2 aromatic heterocycles. The van der Waals surface area contributed by atoms with Crippen LogP contribution in [0.2, 0.25) is 4.34 Å². The van der Waals surface area contributed by atoms with Crippen LogP contribution in [-0.2, 0) is 11.3 Å². The zero-order valence-electron chi connectivity index (χ0n) is 11.5. The number of nitrogens with zero attached hydrogens (tertiary/aromatic N) is 3. The Morgan fingerprint density at radius 3 is 3.14 bits per heavy atom. The van der Waals surface area contributed by atoms with Crippen LogP contribution in [0.15, 0.2) is 30.5 Å². The molecule has 21 heavy (non-hydrogen) atoms. The molecule has 0 aliphatic carbocycles. The van der Waals surface area contributed by atoms with E-state index in [1.165, 1.54) is 4.88 Å². The van der Waals surface area contributed by atoms with Crippen molar-refractivity contribution in [1.82, 2.24) is 15.1 Å². The molecule has 2 aromatic rings. The summed E-state index contributed by atoms with van der Waals surface area (Å²) in [5, 5.41) is 11.1. The van der Waals surface area contributed by atoms with Gasteiger partial charge in [-0.1, -0.05) is 11.6 Å². The number of morpholine rings is 1. The number of anilines is 1. The maximum Gasteiger partial charge on any atom is 0.148 e. The Balaban J connectivity index is 1.49. The monoisotopic (exact) mass is 324 g/mol. The Bertz CT molecular complexity index is 565. The van der Waals surface area contributed by atoms with Crippen LogP contribution >= 0.6 is 22.9 Å². The second-order valence-corrected chi connectivity index (χ2v) is 6.72. The molecular formula is C14H17ClN4OS. The third-order valence-electron chi connectivity index (χ3n) is 3.31. The molecule has 0 unspecified atom stereocenters. The number of rotatable bonds is 5. The lowest BCUT2D eigenvalue weighted by Gasteiger charge is -2.32. The van der Waals surface area contributed by atoms with Gasteiger partial charge < -0.3 is 10.1 Å². The molecule has 1 saturated heterocycles. The summed E-state index contributed by atoms with van der Waals surface area (Å²) in [7, 11) is 0. The first-order valence-electron chi connectivity index (χ1n) is 6.89. The summed E-state index contributed by atoms with van der Waals surface area (Å²) in [6.07, 6.45) is 1.83. The summed E-state index contributed by atoms with van der Waals surface area (Å²) in [5.74, 6) is 0.781. The molecule has 112 valence electrons. The molecule has 0 bridgehead atoms. The number of thiophene rings is 1. The molecule has 7 heteroatoms. The molecule has 5 nitrogen and oxygen atoms in total. The van der Waals surface area contributed by atoms with Crippen LogP contribution in [0.1, 0.15) is 4.88 Å². The van der Waals surface area contributed by atoms with E-state index in [2.05, 4.69) is 26.5 Å².